The van der Waals surface area contributed by atoms with E-state index in [1.807, 2.05) is 38.1 Å². The Balaban J connectivity index is 0.00000289. The standard InChI is InChI=1S/C13H19NO3.ClH/c1-9(2)17-11-6-4-10(5-7-11)12(14)8-13(15)16-3;/h4-7,9,12H,8,14H2,1-3H3;1H/t12-;/m1./s1. The Morgan fingerprint density at radius 1 is 1.28 bits per heavy atom. The van der Waals surface area contributed by atoms with Gasteiger partial charge in [0, 0.05) is 6.04 Å². The number of methoxy groups -OCH3 is 1. The van der Waals surface area contributed by atoms with Crippen LogP contribution in [0.3, 0.4) is 0 Å². The van der Waals surface area contributed by atoms with E-state index in [9.17, 15) is 4.79 Å². The van der Waals surface area contributed by atoms with Gasteiger partial charge in [0.2, 0.25) is 0 Å². The van der Waals surface area contributed by atoms with Crippen molar-refractivity contribution < 1.29 is 14.3 Å². The van der Waals surface area contributed by atoms with Crippen molar-refractivity contribution in [2.75, 3.05) is 7.11 Å². The lowest BCUT2D eigenvalue weighted by Gasteiger charge is -2.13. The van der Waals surface area contributed by atoms with E-state index in [1.54, 1.807) is 0 Å². The van der Waals surface area contributed by atoms with Crippen LogP contribution in [-0.2, 0) is 9.53 Å². The van der Waals surface area contributed by atoms with Gasteiger partial charge in [0.25, 0.3) is 0 Å². The highest BCUT2D eigenvalue weighted by atomic mass is 35.5. The fourth-order valence-corrected chi connectivity index (χ4v) is 1.45. The van der Waals surface area contributed by atoms with Crippen molar-refractivity contribution in [3.05, 3.63) is 29.8 Å². The number of benzene rings is 1. The molecule has 1 atom stereocenters. The van der Waals surface area contributed by atoms with Crippen molar-refractivity contribution in [2.24, 2.45) is 5.73 Å². The number of nitrogens with two attached hydrogens (primary N) is 1. The maximum atomic E-state index is 11.1. The minimum Gasteiger partial charge on any atom is -0.491 e. The molecule has 1 aromatic carbocycles. The lowest BCUT2D eigenvalue weighted by Crippen LogP contribution is -2.16. The molecule has 102 valence electrons. The Hall–Kier alpha value is -1.26. The molecular formula is C13H20ClNO3. The third-order valence-corrected chi connectivity index (χ3v) is 2.29. The van der Waals surface area contributed by atoms with Gasteiger partial charge in [-0.1, -0.05) is 12.1 Å². The summed E-state index contributed by atoms with van der Waals surface area (Å²) in [5, 5.41) is 0. The first-order chi connectivity index (χ1) is 8.02. The summed E-state index contributed by atoms with van der Waals surface area (Å²) in [6, 6.07) is 7.10. The van der Waals surface area contributed by atoms with E-state index in [-0.39, 0.29) is 36.9 Å². The number of carbonyl (C=O) groups excluding carboxylic acids is 1. The molecule has 0 saturated heterocycles. The molecule has 1 aromatic rings. The van der Waals surface area contributed by atoms with Gasteiger partial charge >= 0.3 is 5.97 Å². The summed E-state index contributed by atoms with van der Waals surface area (Å²) >= 11 is 0. The fourth-order valence-electron chi connectivity index (χ4n) is 1.45. The normalized spacial score (nSPS) is 11.6. The Bertz CT molecular complexity index is 365. The average molecular weight is 274 g/mol. The van der Waals surface area contributed by atoms with Crippen LogP contribution in [0.1, 0.15) is 31.9 Å². The van der Waals surface area contributed by atoms with Crippen LogP contribution in [0.25, 0.3) is 0 Å². The largest absolute Gasteiger partial charge is 0.491 e. The van der Waals surface area contributed by atoms with E-state index in [1.165, 1.54) is 7.11 Å². The van der Waals surface area contributed by atoms with Gasteiger partial charge in [0.1, 0.15) is 5.75 Å². The van der Waals surface area contributed by atoms with E-state index in [0.717, 1.165) is 11.3 Å². The van der Waals surface area contributed by atoms with Gasteiger partial charge in [-0.25, -0.2) is 0 Å². The van der Waals surface area contributed by atoms with Crippen LogP contribution < -0.4 is 10.5 Å². The molecule has 5 heteroatoms. The van der Waals surface area contributed by atoms with Gasteiger partial charge < -0.3 is 15.2 Å². The van der Waals surface area contributed by atoms with E-state index < -0.39 is 0 Å². The monoisotopic (exact) mass is 273 g/mol. The second-order valence-electron chi connectivity index (χ2n) is 4.12. The van der Waals surface area contributed by atoms with Crippen molar-refractivity contribution in [3.8, 4) is 5.75 Å². The molecule has 0 saturated carbocycles. The molecule has 0 fully saturated rings. The third kappa shape index (κ3) is 5.38. The molecule has 1 rings (SSSR count). The molecule has 0 bridgehead atoms. The van der Waals surface area contributed by atoms with Gasteiger partial charge in [-0.2, -0.15) is 0 Å². The summed E-state index contributed by atoms with van der Waals surface area (Å²) in [6.45, 7) is 3.94. The van der Waals surface area contributed by atoms with Crippen molar-refractivity contribution in [3.63, 3.8) is 0 Å². The van der Waals surface area contributed by atoms with Crippen LogP contribution in [0.4, 0.5) is 0 Å². The molecule has 0 heterocycles. The molecule has 0 aliphatic heterocycles. The minimum atomic E-state index is -0.337. The second-order valence-corrected chi connectivity index (χ2v) is 4.12. The van der Waals surface area contributed by atoms with Gasteiger partial charge in [-0.05, 0) is 31.5 Å². The highest BCUT2D eigenvalue weighted by Gasteiger charge is 2.11. The number of ether oxygens (including phenoxy) is 2. The number of carbonyl (C=O) groups is 1. The Kier molecular flexibility index (Phi) is 7.39. The number of hydrogen-bond acceptors (Lipinski definition) is 4. The van der Waals surface area contributed by atoms with Crippen LogP contribution >= 0.6 is 12.4 Å². The molecule has 0 aliphatic carbocycles. The Labute approximate surface area is 114 Å². The zero-order valence-electron chi connectivity index (χ0n) is 10.9. The van der Waals surface area contributed by atoms with Crippen LogP contribution in [0.15, 0.2) is 24.3 Å². The van der Waals surface area contributed by atoms with Crippen LogP contribution in [0.2, 0.25) is 0 Å². The fraction of sp³-hybridized carbons (Fsp3) is 0.462. The molecule has 0 unspecified atom stereocenters. The SMILES string of the molecule is COC(=O)C[C@@H](N)c1ccc(OC(C)C)cc1.Cl. The minimum absolute atomic E-state index is 0. The lowest BCUT2D eigenvalue weighted by atomic mass is 10.0. The smallest absolute Gasteiger partial charge is 0.307 e. The molecule has 2 N–H and O–H groups in total. The van der Waals surface area contributed by atoms with Crippen molar-refractivity contribution >= 4 is 18.4 Å². The average Bonchev–Trinajstić information content (AvgIpc) is 2.28. The molecule has 4 nitrogen and oxygen atoms in total. The van der Waals surface area contributed by atoms with E-state index >= 15 is 0 Å². The molecule has 0 spiro atoms. The topological polar surface area (TPSA) is 61.5 Å². The van der Waals surface area contributed by atoms with Gasteiger partial charge in [0.15, 0.2) is 0 Å². The molecule has 0 amide bonds. The Morgan fingerprint density at radius 2 is 1.83 bits per heavy atom. The summed E-state index contributed by atoms with van der Waals surface area (Å²) in [7, 11) is 1.36. The quantitative estimate of drug-likeness (QED) is 0.837. The zero-order valence-corrected chi connectivity index (χ0v) is 11.7. The van der Waals surface area contributed by atoms with Crippen LogP contribution in [0, 0.1) is 0 Å². The van der Waals surface area contributed by atoms with E-state index in [0.29, 0.717) is 0 Å². The van der Waals surface area contributed by atoms with Crippen molar-refractivity contribution in [1.29, 1.82) is 0 Å². The first-order valence-electron chi connectivity index (χ1n) is 5.62. The second kappa shape index (κ2) is 7.95. The molecule has 18 heavy (non-hydrogen) atoms. The summed E-state index contributed by atoms with van der Waals surface area (Å²) in [5.41, 5.74) is 6.78. The van der Waals surface area contributed by atoms with Crippen LogP contribution in [-0.4, -0.2) is 19.2 Å². The summed E-state index contributed by atoms with van der Waals surface area (Å²) in [4.78, 5) is 11.1. The molecular weight excluding hydrogens is 254 g/mol. The molecule has 0 aromatic heterocycles. The Morgan fingerprint density at radius 3 is 2.28 bits per heavy atom. The number of halogens is 1. The third-order valence-electron chi connectivity index (χ3n) is 2.29. The number of hydrogen-bond donors (Lipinski definition) is 1. The predicted octanol–water partition coefficient (Wildman–Crippen LogP) is 2.46. The highest BCUT2D eigenvalue weighted by molar-refractivity contribution is 5.85. The maximum Gasteiger partial charge on any atom is 0.307 e. The van der Waals surface area contributed by atoms with E-state index in [4.69, 9.17) is 10.5 Å². The van der Waals surface area contributed by atoms with Gasteiger partial charge in [-0.15, -0.1) is 12.4 Å². The van der Waals surface area contributed by atoms with E-state index in [2.05, 4.69) is 4.74 Å². The molecule has 0 aliphatic rings. The number of rotatable bonds is 5. The number of esters is 1. The first-order valence-corrected chi connectivity index (χ1v) is 5.62. The lowest BCUT2D eigenvalue weighted by molar-refractivity contribution is -0.141. The summed E-state index contributed by atoms with van der Waals surface area (Å²) in [6.07, 6.45) is 0.325. The predicted molar refractivity (Wildman–Crippen MR) is 73.0 cm³/mol. The van der Waals surface area contributed by atoms with Gasteiger partial charge in [-0.3, -0.25) is 4.79 Å². The van der Waals surface area contributed by atoms with Crippen molar-refractivity contribution in [2.45, 2.75) is 32.4 Å². The first kappa shape index (κ1) is 16.7. The zero-order chi connectivity index (χ0) is 12.8. The van der Waals surface area contributed by atoms with Crippen LogP contribution in [0.5, 0.6) is 5.75 Å². The highest BCUT2D eigenvalue weighted by Crippen LogP contribution is 2.19. The maximum absolute atomic E-state index is 11.1. The summed E-state index contributed by atoms with van der Waals surface area (Å²) < 4.78 is 10.1. The van der Waals surface area contributed by atoms with Gasteiger partial charge in [0.05, 0.1) is 19.6 Å². The van der Waals surface area contributed by atoms with Crippen molar-refractivity contribution in [1.82, 2.24) is 0 Å². The summed E-state index contributed by atoms with van der Waals surface area (Å²) in [5.74, 6) is 0.494. The molecule has 0 radical (unpaired) electrons.